The van der Waals surface area contributed by atoms with E-state index in [1.54, 1.807) is 7.11 Å². The number of nitrogens with one attached hydrogen (secondary N) is 1. The molecule has 2 heteroatoms. The molecule has 0 aliphatic rings. The smallest absolute Gasteiger partial charge is 0.0759 e. The minimum absolute atomic E-state index is 0.254. The monoisotopic (exact) mass is 185 g/mol. The first-order valence-corrected chi connectivity index (χ1v) is 5.08. The number of hydrogen-bond acceptors (Lipinski definition) is 2. The van der Waals surface area contributed by atoms with Crippen molar-refractivity contribution < 1.29 is 4.74 Å². The Bertz CT molecular complexity index is 141. The van der Waals surface area contributed by atoms with Crippen molar-refractivity contribution in [3.8, 4) is 0 Å². The van der Waals surface area contributed by atoms with Crippen molar-refractivity contribution in [2.45, 2.75) is 45.8 Å². The lowest BCUT2D eigenvalue weighted by Gasteiger charge is -2.26. The molecular formula is C11H23NO. The van der Waals surface area contributed by atoms with E-state index in [4.69, 9.17) is 4.74 Å². The lowest BCUT2D eigenvalue weighted by molar-refractivity contribution is 0.0759. The molecule has 0 aromatic carbocycles. The fourth-order valence-electron chi connectivity index (χ4n) is 1.46. The minimum Gasteiger partial charge on any atom is -0.380 e. The molecule has 0 radical (unpaired) electrons. The van der Waals surface area contributed by atoms with Crippen LogP contribution in [0.15, 0.2) is 12.2 Å². The van der Waals surface area contributed by atoms with Crippen LogP contribution in [0, 0.1) is 0 Å². The molecule has 0 saturated carbocycles. The molecule has 2 nitrogen and oxygen atoms in total. The summed E-state index contributed by atoms with van der Waals surface area (Å²) < 4.78 is 5.40. The van der Waals surface area contributed by atoms with Gasteiger partial charge in [-0.05, 0) is 26.3 Å². The number of rotatable bonds is 7. The normalized spacial score (nSPS) is 15.4. The van der Waals surface area contributed by atoms with Gasteiger partial charge in [-0.2, -0.15) is 0 Å². The fraction of sp³-hybridized carbons (Fsp3) is 0.818. The Morgan fingerprint density at radius 3 is 2.38 bits per heavy atom. The van der Waals surface area contributed by atoms with Gasteiger partial charge >= 0.3 is 0 Å². The summed E-state index contributed by atoms with van der Waals surface area (Å²) in [6.07, 6.45) is 2.42. The molecule has 0 aliphatic carbocycles. The largest absolute Gasteiger partial charge is 0.380 e. The molecule has 0 rings (SSSR count). The molecule has 1 N–H and O–H groups in total. The third-order valence-corrected chi connectivity index (χ3v) is 2.22. The molecule has 13 heavy (non-hydrogen) atoms. The Labute approximate surface area is 82.4 Å². The first-order chi connectivity index (χ1) is 6.17. The van der Waals surface area contributed by atoms with Gasteiger partial charge in [0.25, 0.3) is 0 Å². The molecule has 0 aromatic rings. The van der Waals surface area contributed by atoms with Gasteiger partial charge in [-0.25, -0.2) is 0 Å². The molecular weight excluding hydrogens is 162 g/mol. The van der Waals surface area contributed by atoms with Crippen molar-refractivity contribution >= 4 is 0 Å². The second-order valence-corrected chi connectivity index (χ2v) is 3.46. The second-order valence-electron chi connectivity index (χ2n) is 3.46. The van der Waals surface area contributed by atoms with Crippen molar-refractivity contribution in [1.29, 1.82) is 0 Å². The van der Waals surface area contributed by atoms with Crippen LogP contribution in [0.25, 0.3) is 0 Å². The van der Waals surface area contributed by atoms with E-state index in [1.807, 2.05) is 0 Å². The quantitative estimate of drug-likeness (QED) is 0.615. The average Bonchev–Trinajstić information content (AvgIpc) is 2.11. The van der Waals surface area contributed by atoms with Gasteiger partial charge in [-0.3, -0.25) is 0 Å². The number of ether oxygens (including phenoxy) is 1. The Hall–Kier alpha value is -0.340. The SMILES string of the molecule is C=C(C)C(NCCC)C(CC)OC. The molecule has 0 aromatic heterocycles. The molecule has 0 fully saturated rings. The molecule has 2 atom stereocenters. The van der Waals surface area contributed by atoms with Crippen molar-refractivity contribution in [2.75, 3.05) is 13.7 Å². The van der Waals surface area contributed by atoms with Crippen LogP contribution in [0.2, 0.25) is 0 Å². The second kappa shape index (κ2) is 7.10. The van der Waals surface area contributed by atoms with Crippen LogP contribution >= 0.6 is 0 Å². The predicted molar refractivity (Wildman–Crippen MR) is 58.0 cm³/mol. The molecule has 0 saturated heterocycles. The van der Waals surface area contributed by atoms with E-state index in [-0.39, 0.29) is 6.10 Å². The summed E-state index contributed by atoms with van der Waals surface area (Å²) in [5.74, 6) is 0. The molecule has 0 amide bonds. The van der Waals surface area contributed by atoms with Gasteiger partial charge in [0.15, 0.2) is 0 Å². The summed E-state index contributed by atoms with van der Waals surface area (Å²) in [6, 6.07) is 0.301. The molecule has 0 aliphatic heterocycles. The van der Waals surface area contributed by atoms with Gasteiger partial charge < -0.3 is 10.1 Å². The highest BCUT2D eigenvalue weighted by atomic mass is 16.5. The highest BCUT2D eigenvalue weighted by Crippen LogP contribution is 2.10. The summed E-state index contributed by atoms with van der Waals surface area (Å²) in [7, 11) is 1.76. The molecule has 78 valence electrons. The van der Waals surface area contributed by atoms with Crippen LogP contribution in [-0.2, 0) is 4.74 Å². The first kappa shape index (κ1) is 12.7. The third kappa shape index (κ3) is 4.44. The van der Waals surface area contributed by atoms with Crippen molar-refractivity contribution in [3.05, 3.63) is 12.2 Å². The molecule has 2 unspecified atom stereocenters. The molecule has 0 bridgehead atoms. The van der Waals surface area contributed by atoms with Crippen LogP contribution in [0.3, 0.4) is 0 Å². The lowest BCUT2D eigenvalue weighted by atomic mass is 10.0. The predicted octanol–water partition coefficient (Wildman–Crippen LogP) is 2.36. The van der Waals surface area contributed by atoms with E-state index in [1.165, 1.54) is 0 Å². The van der Waals surface area contributed by atoms with E-state index in [2.05, 4.69) is 32.7 Å². The first-order valence-electron chi connectivity index (χ1n) is 5.08. The summed E-state index contributed by atoms with van der Waals surface area (Å²) in [4.78, 5) is 0. The fourth-order valence-corrected chi connectivity index (χ4v) is 1.46. The summed E-state index contributed by atoms with van der Waals surface area (Å²) in [6.45, 7) is 11.4. The van der Waals surface area contributed by atoms with Gasteiger partial charge in [0.05, 0.1) is 12.1 Å². The Morgan fingerprint density at radius 2 is 2.08 bits per heavy atom. The maximum atomic E-state index is 5.40. The van der Waals surface area contributed by atoms with Gasteiger partial charge in [0, 0.05) is 7.11 Å². The zero-order chi connectivity index (χ0) is 10.3. The van der Waals surface area contributed by atoms with E-state index >= 15 is 0 Å². The summed E-state index contributed by atoms with van der Waals surface area (Å²) in [5.41, 5.74) is 1.15. The van der Waals surface area contributed by atoms with Crippen LogP contribution < -0.4 is 5.32 Å². The van der Waals surface area contributed by atoms with Crippen LogP contribution in [0.4, 0.5) is 0 Å². The van der Waals surface area contributed by atoms with Crippen molar-refractivity contribution in [1.82, 2.24) is 5.32 Å². The Morgan fingerprint density at radius 1 is 1.46 bits per heavy atom. The van der Waals surface area contributed by atoms with Gasteiger partial charge in [0.2, 0.25) is 0 Å². The minimum atomic E-state index is 0.254. The van der Waals surface area contributed by atoms with E-state index < -0.39 is 0 Å². The van der Waals surface area contributed by atoms with E-state index in [0.29, 0.717) is 6.04 Å². The van der Waals surface area contributed by atoms with Crippen LogP contribution in [0.5, 0.6) is 0 Å². The third-order valence-electron chi connectivity index (χ3n) is 2.22. The average molecular weight is 185 g/mol. The van der Waals surface area contributed by atoms with Gasteiger partial charge in [-0.1, -0.05) is 26.0 Å². The highest BCUT2D eigenvalue weighted by molar-refractivity contribution is 5.05. The maximum absolute atomic E-state index is 5.40. The maximum Gasteiger partial charge on any atom is 0.0759 e. The highest BCUT2D eigenvalue weighted by Gasteiger charge is 2.18. The van der Waals surface area contributed by atoms with Gasteiger partial charge in [-0.15, -0.1) is 0 Å². The lowest BCUT2D eigenvalue weighted by Crippen LogP contribution is -2.41. The molecule has 0 heterocycles. The zero-order valence-corrected chi connectivity index (χ0v) is 9.39. The Kier molecular flexibility index (Phi) is 6.92. The zero-order valence-electron chi connectivity index (χ0n) is 9.39. The standard InChI is InChI=1S/C11H23NO/c1-6-8-12-11(9(3)4)10(7-2)13-5/h10-12H,3,6-8H2,1-2,4-5H3. The summed E-state index contributed by atoms with van der Waals surface area (Å²) >= 11 is 0. The van der Waals surface area contributed by atoms with Crippen LogP contribution in [0.1, 0.15) is 33.6 Å². The van der Waals surface area contributed by atoms with Crippen molar-refractivity contribution in [2.24, 2.45) is 0 Å². The Balaban J connectivity index is 4.12. The van der Waals surface area contributed by atoms with Crippen LogP contribution in [-0.4, -0.2) is 25.8 Å². The molecule has 0 spiro atoms. The van der Waals surface area contributed by atoms with E-state index in [0.717, 1.165) is 25.0 Å². The van der Waals surface area contributed by atoms with Gasteiger partial charge in [0.1, 0.15) is 0 Å². The number of methoxy groups -OCH3 is 1. The topological polar surface area (TPSA) is 21.3 Å². The van der Waals surface area contributed by atoms with E-state index in [9.17, 15) is 0 Å². The van der Waals surface area contributed by atoms with Crippen molar-refractivity contribution in [3.63, 3.8) is 0 Å². The summed E-state index contributed by atoms with van der Waals surface area (Å²) in [5, 5.41) is 3.45. The number of hydrogen-bond donors (Lipinski definition) is 1.